The van der Waals surface area contributed by atoms with E-state index >= 15 is 0 Å². The molecule has 0 unspecified atom stereocenters. The normalized spacial score (nSPS) is 18.9. The van der Waals surface area contributed by atoms with Gasteiger partial charge in [0.2, 0.25) is 0 Å². The van der Waals surface area contributed by atoms with Gasteiger partial charge in [0.1, 0.15) is 17.6 Å². The molecule has 0 bridgehead atoms. The summed E-state index contributed by atoms with van der Waals surface area (Å²) in [6.07, 6.45) is 1.76. The van der Waals surface area contributed by atoms with Crippen LogP contribution in [0.2, 0.25) is 0 Å². The van der Waals surface area contributed by atoms with Crippen molar-refractivity contribution in [3.05, 3.63) is 35.2 Å². The van der Waals surface area contributed by atoms with E-state index < -0.39 is 0 Å². The number of ether oxygens (including phenoxy) is 1. The van der Waals surface area contributed by atoms with Gasteiger partial charge in [-0.25, -0.2) is 4.98 Å². The number of aromatic amines is 1. The summed E-state index contributed by atoms with van der Waals surface area (Å²) in [6, 6.07) is 1.84. The summed E-state index contributed by atoms with van der Waals surface area (Å²) in [7, 11) is 1.95. The molecule has 1 aliphatic rings. The lowest BCUT2D eigenvalue weighted by atomic mass is 9.92. The summed E-state index contributed by atoms with van der Waals surface area (Å²) < 4.78 is 7.79. The number of nitrogens with one attached hydrogen (secondary N) is 1. The lowest BCUT2D eigenvalue weighted by Crippen LogP contribution is -2.43. The molecule has 0 aromatic carbocycles. The molecule has 3 heterocycles. The largest absolute Gasteiger partial charge is 0.367 e. The number of hydrogen-bond acceptors (Lipinski definition) is 4. The Kier molecular flexibility index (Phi) is 4.21. The number of carbonyl (C=O) groups is 1. The van der Waals surface area contributed by atoms with Crippen molar-refractivity contribution < 1.29 is 9.53 Å². The fourth-order valence-electron chi connectivity index (χ4n) is 2.90. The summed E-state index contributed by atoms with van der Waals surface area (Å²) >= 11 is 0. The number of morpholine rings is 1. The van der Waals surface area contributed by atoms with E-state index in [1.165, 1.54) is 0 Å². The Hall–Kier alpha value is -2.15. The Morgan fingerprint density at radius 3 is 2.75 bits per heavy atom. The number of H-pyrrole nitrogens is 1. The van der Waals surface area contributed by atoms with Gasteiger partial charge in [-0.2, -0.15) is 5.10 Å². The van der Waals surface area contributed by atoms with Gasteiger partial charge < -0.3 is 14.2 Å². The topological polar surface area (TPSA) is 76.0 Å². The van der Waals surface area contributed by atoms with E-state index in [4.69, 9.17) is 4.74 Å². The van der Waals surface area contributed by atoms with E-state index in [1.807, 2.05) is 30.8 Å². The Bertz CT molecular complexity index is 740. The second-order valence-electron chi connectivity index (χ2n) is 7.38. The van der Waals surface area contributed by atoms with Crippen LogP contribution in [0.5, 0.6) is 0 Å². The molecule has 7 heteroatoms. The third-order valence-electron chi connectivity index (χ3n) is 4.28. The van der Waals surface area contributed by atoms with E-state index in [0.717, 1.165) is 17.2 Å². The first-order valence-electron chi connectivity index (χ1n) is 8.22. The van der Waals surface area contributed by atoms with Crippen LogP contribution in [0.25, 0.3) is 0 Å². The van der Waals surface area contributed by atoms with E-state index in [2.05, 4.69) is 36.0 Å². The fraction of sp³-hybridized carbons (Fsp3) is 0.588. The van der Waals surface area contributed by atoms with Crippen LogP contribution in [0.3, 0.4) is 0 Å². The summed E-state index contributed by atoms with van der Waals surface area (Å²) in [5.74, 6) is 0.781. The Balaban J connectivity index is 1.76. The maximum atomic E-state index is 12.8. The highest BCUT2D eigenvalue weighted by Gasteiger charge is 2.30. The second kappa shape index (κ2) is 6.05. The number of hydrogen-bond donors (Lipinski definition) is 1. The van der Waals surface area contributed by atoms with Gasteiger partial charge in [-0.1, -0.05) is 20.8 Å². The molecule has 0 aliphatic carbocycles. The fourth-order valence-corrected chi connectivity index (χ4v) is 2.90. The third kappa shape index (κ3) is 3.21. The molecule has 1 fully saturated rings. The molecule has 0 spiro atoms. The van der Waals surface area contributed by atoms with Crippen LogP contribution in [0.1, 0.15) is 54.6 Å². The molecule has 0 radical (unpaired) electrons. The van der Waals surface area contributed by atoms with Crippen LogP contribution >= 0.6 is 0 Å². The van der Waals surface area contributed by atoms with Crippen LogP contribution in [0, 0.1) is 6.92 Å². The average molecular weight is 331 g/mol. The SMILES string of the molecule is Cc1cn(C)c([C@H]2CN(C(=O)c3cc(C(C)(C)C)[nH]n3)CCO2)n1. The minimum atomic E-state index is -0.206. The molecule has 1 aliphatic heterocycles. The average Bonchev–Trinajstić information content (AvgIpc) is 3.13. The van der Waals surface area contributed by atoms with E-state index in [-0.39, 0.29) is 17.4 Å². The molecular formula is C17H25N5O2. The zero-order chi connectivity index (χ0) is 17.5. The van der Waals surface area contributed by atoms with Crippen molar-refractivity contribution in [3.63, 3.8) is 0 Å². The standard InChI is InChI=1S/C17H25N5O2/c1-11-9-21(5)15(18-11)13-10-22(6-7-24-13)16(23)12-8-14(20-19-12)17(2,3)4/h8-9,13H,6-7,10H2,1-5H3,(H,19,20)/t13-/m1/s1. The molecule has 0 saturated carbocycles. The first kappa shape index (κ1) is 16.7. The molecule has 2 aromatic heterocycles. The van der Waals surface area contributed by atoms with Crippen molar-refractivity contribution in [1.29, 1.82) is 0 Å². The minimum Gasteiger partial charge on any atom is -0.367 e. The number of nitrogens with zero attached hydrogens (tertiary/aromatic N) is 4. The van der Waals surface area contributed by atoms with Gasteiger partial charge in [-0.15, -0.1) is 0 Å². The minimum absolute atomic E-state index is 0.0659. The van der Waals surface area contributed by atoms with Crippen molar-refractivity contribution in [1.82, 2.24) is 24.6 Å². The molecule has 1 amide bonds. The van der Waals surface area contributed by atoms with Crippen LogP contribution in [0.15, 0.2) is 12.3 Å². The predicted octanol–water partition coefficient (Wildman–Crippen LogP) is 1.96. The molecular weight excluding hydrogens is 306 g/mol. The van der Waals surface area contributed by atoms with Crippen LogP contribution < -0.4 is 0 Å². The number of rotatable bonds is 2. The molecule has 7 nitrogen and oxygen atoms in total. The van der Waals surface area contributed by atoms with Crippen LogP contribution in [-0.4, -0.2) is 50.3 Å². The molecule has 130 valence electrons. The van der Waals surface area contributed by atoms with Crippen LogP contribution in [0.4, 0.5) is 0 Å². The van der Waals surface area contributed by atoms with Crippen molar-refractivity contribution in [2.45, 2.75) is 39.2 Å². The summed E-state index contributed by atoms with van der Waals surface area (Å²) in [4.78, 5) is 19.1. The predicted molar refractivity (Wildman–Crippen MR) is 89.8 cm³/mol. The molecule has 1 N–H and O–H groups in total. The highest BCUT2D eigenvalue weighted by atomic mass is 16.5. The van der Waals surface area contributed by atoms with E-state index in [9.17, 15) is 4.79 Å². The zero-order valence-electron chi connectivity index (χ0n) is 15.0. The lowest BCUT2D eigenvalue weighted by Gasteiger charge is -2.32. The first-order valence-corrected chi connectivity index (χ1v) is 8.22. The van der Waals surface area contributed by atoms with Crippen molar-refractivity contribution in [3.8, 4) is 0 Å². The highest BCUT2D eigenvalue weighted by molar-refractivity contribution is 5.92. The Labute approximate surface area is 142 Å². The molecule has 24 heavy (non-hydrogen) atoms. The maximum absolute atomic E-state index is 12.8. The Morgan fingerprint density at radius 2 is 2.17 bits per heavy atom. The zero-order valence-corrected chi connectivity index (χ0v) is 15.0. The van der Waals surface area contributed by atoms with Gasteiger partial charge in [0.15, 0.2) is 0 Å². The van der Waals surface area contributed by atoms with Crippen molar-refractivity contribution >= 4 is 5.91 Å². The smallest absolute Gasteiger partial charge is 0.274 e. The van der Waals surface area contributed by atoms with Gasteiger partial charge in [0, 0.05) is 30.9 Å². The second-order valence-corrected chi connectivity index (χ2v) is 7.38. The van der Waals surface area contributed by atoms with Gasteiger partial charge >= 0.3 is 0 Å². The number of aromatic nitrogens is 4. The van der Waals surface area contributed by atoms with Gasteiger partial charge in [-0.3, -0.25) is 9.89 Å². The number of carbonyl (C=O) groups excluding carboxylic acids is 1. The summed E-state index contributed by atoms with van der Waals surface area (Å²) in [5, 5.41) is 7.18. The van der Waals surface area contributed by atoms with Gasteiger partial charge in [0.25, 0.3) is 5.91 Å². The van der Waals surface area contributed by atoms with E-state index in [0.29, 0.717) is 25.4 Å². The third-order valence-corrected chi connectivity index (χ3v) is 4.28. The lowest BCUT2D eigenvalue weighted by molar-refractivity contribution is -0.0281. The Morgan fingerprint density at radius 1 is 1.42 bits per heavy atom. The van der Waals surface area contributed by atoms with Gasteiger partial charge in [-0.05, 0) is 13.0 Å². The molecule has 3 rings (SSSR count). The van der Waals surface area contributed by atoms with Crippen LogP contribution in [-0.2, 0) is 17.2 Å². The van der Waals surface area contributed by atoms with E-state index in [1.54, 1.807) is 4.90 Å². The number of imidazole rings is 1. The van der Waals surface area contributed by atoms with Crippen molar-refractivity contribution in [2.24, 2.45) is 7.05 Å². The van der Waals surface area contributed by atoms with Gasteiger partial charge in [0.05, 0.1) is 18.8 Å². The maximum Gasteiger partial charge on any atom is 0.274 e. The number of aryl methyl sites for hydroxylation is 2. The highest BCUT2D eigenvalue weighted by Crippen LogP contribution is 2.24. The first-order chi connectivity index (χ1) is 11.3. The van der Waals surface area contributed by atoms with Crippen molar-refractivity contribution in [2.75, 3.05) is 19.7 Å². The molecule has 1 atom stereocenters. The molecule has 1 saturated heterocycles. The summed E-state index contributed by atoms with van der Waals surface area (Å²) in [5.41, 5.74) is 2.29. The number of amides is 1. The quantitative estimate of drug-likeness (QED) is 0.913. The molecule has 2 aromatic rings. The monoisotopic (exact) mass is 331 g/mol. The summed E-state index contributed by atoms with van der Waals surface area (Å²) in [6.45, 7) is 9.76.